The molecule has 0 bridgehead atoms. The molecule has 3 atom stereocenters. The number of fused-ring (bicyclic) bond motifs is 2. The summed E-state index contributed by atoms with van der Waals surface area (Å²) in [5.74, 6) is -1.09. The minimum atomic E-state index is -5.08. The van der Waals surface area contributed by atoms with Gasteiger partial charge < -0.3 is 9.84 Å². The molecule has 1 aromatic rings. The maximum Gasteiger partial charge on any atom is 0.490 e. The van der Waals surface area contributed by atoms with Crippen LogP contribution in [0.3, 0.4) is 0 Å². The van der Waals surface area contributed by atoms with Crippen LogP contribution in [0.4, 0.5) is 17.6 Å². The van der Waals surface area contributed by atoms with E-state index in [0.717, 1.165) is 50.3 Å². The normalized spacial score (nSPS) is 26.5. The van der Waals surface area contributed by atoms with Crippen LogP contribution in [0.5, 0.6) is 0 Å². The Morgan fingerprint density at radius 3 is 2.47 bits per heavy atom. The van der Waals surface area contributed by atoms with E-state index in [-0.39, 0.29) is 17.6 Å². The number of aliphatic imine (C=N–C) groups is 1. The van der Waals surface area contributed by atoms with Crippen molar-refractivity contribution in [3.63, 3.8) is 0 Å². The Kier molecular flexibility index (Phi) is 7.97. The van der Waals surface area contributed by atoms with E-state index in [4.69, 9.17) is 19.6 Å². The fourth-order valence-electron chi connectivity index (χ4n) is 5.14. The van der Waals surface area contributed by atoms with Gasteiger partial charge in [-0.25, -0.2) is 9.18 Å². The van der Waals surface area contributed by atoms with Gasteiger partial charge in [-0.15, -0.1) is 0 Å². The number of nitrogens with zero attached hydrogens (tertiary/aromatic N) is 3. The van der Waals surface area contributed by atoms with Gasteiger partial charge in [0, 0.05) is 39.1 Å². The molecule has 1 saturated carbocycles. The van der Waals surface area contributed by atoms with Crippen molar-refractivity contribution in [2.45, 2.75) is 44.4 Å². The molecule has 2 fully saturated rings. The van der Waals surface area contributed by atoms with Crippen molar-refractivity contribution in [3.8, 4) is 0 Å². The zero-order valence-electron chi connectivity index (χ0n) is 19.1. The Morgan fingerprint density at radius 1 is 1.26 bits per heavy atom. The molecule has 1 N–H and O–H groups in total. The number of hydrogen-bond acceptors (Lipinski definition) is 5. The van der Waals surface area contributed by atoms with Crippen LogP contribution in [0.15, 0.2) is 29.3 Å². The minimum absolute atomic E-state index is 0.174. The molecule has 7 nitrogen and oxygen atoms in total. The van der Waals surface area contributed by atoms with E-state index >= 15 is 0 Å². The molecule has 188 valence electrons. The maximum atomic E-state index is 13.3. The monoisotopic (exact) mass is 487 g/mol. The summed E-state index contributed by atoms with van der Waals surface area (Å²) in [6, 6.07) is 6.72. The molecule has 1 saturated heterocycles. The van der Waals surface area contributed by atoms with Crippen molar-refractivity contribution >= 4 is 17.7 Å². The Balaban J connectivity index is 0.000000406. The van der Waals surface area contributed by atoms with E-state index in [1.165, 1.54) is 12.1 Å². The third-order valence-corrected chi connectivity index (χ3v) is 6.68. The fraction of sp³-hybridized carbons (Fsp3) is 0.609. The van der Waals surface area contributed by atoms with Crippen LogP contribution in [0.25, 0.3) is 0 Å². The van der Waals surface area contributed by atoms with E-state index in [0.29, 0.717) is 19.1 Å². The van der Waals surface area contributed by atoms with E-state index in [9.17, 15) is 22.4 Å². The van der Waals surface area contributed by atoms with Gasteiger partial charge in [-0.05, 0) is 36.5 Å². The molecule has 0 aromatic heterocycles. The second kappa shape index (κ2) is 10.4. The maximum absolute atomic E-state index is 13.3. The molecular formula is C23H29F4N3O4. The van der Waals surface area contributed by atoms with Crippen LogP contribution in [-0.4, -0.2) is 77.7 Å². The first-order chi connectivity index (χ1) is 16.0. The second-order valence-corrected chi connectivity index (χ2v) is 8.78. The second-order valence-electron chi connectivity index (χ2n) is 8.78. The fourth-order valence-corrected chi connectivity index (χ4v) is 5.14. The molecule has 1 amide bonds. The molecule has 0 unspecified atom stereocenters. The lowest BCUT2D eigenvalue weighted by molar-refractivity contribution is -0.192. The number of carboxylic acids is 1. The number of halogens is 4. The molecule has 2 heterocycles. The van der Waals surface area contributed by atoms with Crippen LogP contribution in [0.2, 0.25) is 0 Å². The zero-order valence-corrected chi connectivity index (χ0v) is 19.1. The SMILES string of the molecule is CCC1=N[C@@]2(CC[C@@H]3CN(Cc4ccc(F)cc4)C[C@@H]32)C(=O)N1CCOC.O=C(O)C(F)(F)F. The number of benzene rings is 1. The summed E-state index contributed by atoms with van der Waals surface area (Å²) < 4.78 is 50.1. The van der Waals surface area contributed by atoms with E-state index in [1.54, 1.807) is 7.11 Å². The third kappa shape index (κ3) is 5.41. The molecule has 1 aromatic carbocycles. The number of rotatable bonds is 6. The summed E-state index contributed by atoms with van der Waals surface area (Å²) in [4.78, 5) is 31.5. The summed E-state index contributed by atoms with van der Waals surface area (Å²) in [5, 5.41) is 7.12. The number of methoxy groups -OCH3 is 1. The van der Waals surface area contributed by atoms with Crippen LogP contribution in [0, 0.1) is 17.7 Å². The average Bonchev–Trinajstić information content (AvgIpc) is 3.41. The standard InChI is InChI=1S/C21H28FN3O2.C2HF3O2/c1-3-19-23-21(20(26)25(19)10-11-27-2)9-8-16-13-24(14-18(16)21)12-15-4-6-17(22)7-5-15;3-2(4,5)1(6)7/h4-7,16,18H,3,8-14H2,1-2H3;(H,6,7)/t16-,18+,21-;/m1./s1. The van der Waals surface area contributed by atoms with Gasteiger partial charge in [-0.3, -0.25) is 19.6 Å². The van der Waals surface area contributed by atoms with Crippen molar-refractivity contribution in [3.05, 3.63) is 35.6 Å². The molecule has 1 spiro atoms. The predicted octanol–water partition coefficient (Wildman–Crippen LogP) is 3.34. The number of ether oxygens (including phenoxy) is 1. The summed E-state index contributed by atoms with van der Waals surface area (Å²) in [6.07, 6.45) is -2.40. The first kappa shape index (κ1) is 26.1. The number of carbonyl (C=O) groups is 2. The average molecular weight is 487 g/mol. The van der Waals surface area contributed by atoms with E-state index in [1.807, 2.05) is 17.0 Å². The largest absolute Gasteiger partial charge is 0.490 e. The predicted molar refractivity (Wildman–Crippen MR) is 116 cm³/mol. The van der Waals surface area contributed by atoms with Gasteiger partial charge in [0.2, 0.25) is 0 Å². The third-order valence-electron chi connectivity index (χ3n) is 6.68. The van der Waals surface area contributed by atoms with Gasteiger partial charge in [-0.1, -0.05) is 19.1 Å². The van der Waals surface area contributed by atoms with Crippen molar-refractivity contribution < 1.29 is 37.0 Å². The van der Waals surface area contributed by atoms with Crippen molar-refractivity contribution in [1.29, 1.82) is 0 Å². The van der Waals surface area contributed by atoms with Gasteiger partial charge in [0.05, 0.1) is 13.2 Å². The highest BCUT2D eigenvalue weighted by molar-refractivity contribution is 6.08. The van der Waals surface area contributed by atoms with Crippen molar-refractivity contribution in [2.75, 3.05) is 33.4 Å². The topological polar surface area (TPSA) is 82.4 Å². The number of amidine groups is 1. The number of carboxylic acid groups (broad SMARTS) is 1. The molecular weight excluding hydrogens is 458 g/mol. The Labute approximate surface area is 195 Å². The van der Waals surface area contributed by atoms with Gasteiger partial charge in [0.15, 0.2) is 0 Å². The number of carbonyl (C=O) groups excluding carboxylic acids is 1. The zero-order chi connectivity index (χ0) is 25.1. The minimum Gasteiger partial charge on any atom is -0.475 e. The van der Waals surface area contributed by atoms with Crippen molar-refractivity contribution in [1.82, 2.24) is 9.80 Å². The van der Waals surface area contributed by atoms with Crippen LogP contribution in [-0.2, 0) is 20.9 Å². The van der Waals surface area contributed by atoms with Gasteiger partial charge in [0.1, 0.15) is 17.2 Å². The Hall–Kier alpha value is -2.53. The lowest BCUT2D eigenvalue weighted by Crippen LogP contribution is -2.47. The number of aliphatic carboxylic acids is 1. The van der Waals surface area contributed by atoms with Crippen LogP contribution < -0.4 is 0 Å². The van der Waals surface area contributed by atoms with Crippen LogP contribution in [0.1, 0.15) is 31.7 Å². The van der Waals surface area contributed by atoms with Crippen LogP contribution >= 0.6 is 0 Å². The Morgan fingerprint density at radius 2 is 1.91 bits per heavy atom. The highest BCUT2D eigenvalue weighted by Crippen LogP contribution is 2.50. The van der Waals surface area contributed by atoms with Crippen molar-refractivity contribution in [2.24, 2.45) is 16.8 Å². The van der Waals surface area contributed by atoms with E-state index < -0.39 is 17.7 Å². The number of amides is 1. The number of hydrogen-bond donors (Lipinski definition) is 1. The highest BCUT2D eigenvalue weighted by atomic mass is 19.4. The summed E-state index contributed by atoms with van der Waals surface area (Å²) >= 11 is 0. The Bertz CT molecular complexity index is 922. The smallest absolute Gasteiger partial charge is 0.475 e. The first-order valence-corrected chi connectivity index (χ1v) is 11.2. The van der Waals surface area contributed by atoms with Gasteiger partial charge in [-0.2, -0.15) is 13.2 Å². The quantitative estimate of drug-likeness (QED) is 0.623. The molecule has 34 heavy (non-hydrogen) atoms. The molecule has 1 aliphatic carbocycles. The lowest BCUT2D eigenvalue weighted by atomic mass is 9.85. The molecule has 4 rings (SSSR count). The molecule has 11 heteroatoms. The number of alkyl halides is 3. The molecule has 3 aliphatic rings. The molecule has 2 aliphatic heterocycles. The lowest BCUT2D eigenvalue weighted by Gasteiger charge is -2.28. The number of likely N-dealkylation sites (tertiary alicyclic amines) is 1. The summed E-state index contributed by atoms with van der Waals surface area (Å²) in [6.45, 7) is 5.85. The summed E-state index contributed by atoms with van der Waals surface area (Å²) in [7, 11) is 1.66. The highest BCUT2D eigenvalue weighted by Gasteiger charge is 2.60. The molecule has 0 radical (unpaired) electrons. The van der Waals surface area contributed by atoms with Gasteiger partial charge >= 0.3 is 12.1 Å². The first-order valence-electron chi connectivity index (χ1n) is 11.2. The summed E-state index contributed by atoms with van der Waals surface area (Å²) in [5.41, 5.74) is 0.545. The van der Waals surface area contributed by atoms with E-state index in [2.05, 4.69) is 11.8 Å². The van der Waals surface area contributed by atoms with Gasteiger partial charge in [0.25, 0.3) is 5.91 Å².